The molecule has 2 aromatic rings. The molecule has 0 aliphatic carbocycles. The molecule has 25 heavy (non-hydrogen) atoms. The van der Waals surface area contributed by atoms with Crippen molar-refractivity contribution in [3.8, 4) is 0 Å². The number of guanidine groups is 1. The topological polar surface area (TPSA) is 70.6 Å². The Morgan fingerprint density at radius 2 is 1.80 bits per heavy atom. The average molecular weight is 359 g/mol. The largest absolute Gasteiger partial charge is 0.357 e. The lowest BCUT2D eigenvalue weighted by Gasteiger charge is -2.12. The van der Waals surface area contributed by atoms with Crippen molar-refractivity contribution < 1.29 is 8.42 Å². The molecule has 134 valence electrons. The number of hydrogen-bond donors (Lipinski definition) is 2. The van der Waals surface area contributed by atoms with Crippen LogP contribution >= 0.6 is 0 Å². The summed E-state index contributed by atoms with van der Waals surface area (Å²) in [6.45, 7) is 5.58. The Labute approximate surface area is 150 Å². The zero-order valence-corrected chi connectivity index (χ0v) is 15.5. The first-order valence-corrected chi connectivity index (χ1v) is 10.0. The molecular formula is C19H25N3O2S. The van der Waals surface area contributed by atoms with Crippen molar-refractivity contribution in [2.45, 2.75) is 25.3 Å². The van der Waals surface area contributed by atoms with E-state index in [2.05, 4.69) is 21.7 Å². The van der Waals surface area contributed by atoms with E-state index < -0.39 is 9.84 Å². The highest BCUT2D eigenvalue weighted by molar-refractivity contribution is 7.91. The minimum atomic E-state index is -3.29. The predicted molar refractivity (Wildman–Crippen MR) is 102 cm³/mol. The Morgan fingerprint density at radius 1 is 1.04 bits per heavy atom. The minimum Gasteiger partial charge on any atom is -0.357 e. The number of nitrogens with one attached hydrogen (secondary N) is 2. The molecule has 0 atom stereocenters. The Bertz CT molecular complexity index is 802. The lowest BCUT2D eigenvalue weighted by atomic mass is 10.1. The van der Waals surface area contributed by atoms with E-state index in [1.807, 2.05) is 32.0 Å². The molecule has 0 saturated carbocycles. The molecule has 0 fully saturated rings. The quantitative estimate of drug-likeness (QED) is 0.589. The van der Waals surface area contributed by atoms with Gasteiger partial charge in [0, 0.05) is 13.1 Å². The number of nitrogens with zero attached hydrogens (tertiary/aromatic N) is 1. The second-order valence-corrected chi connectivity index (χ2v) is 7.85. The van der Waals surface area contributed by atoms with Crippen molar-refractivity contribution in [2.24, 2.45) is 4.99 Å². The van der Waals surface area contributed by atoms with Crippen LogP contribution in [0.1, 0.15) is 18.1 Å². The Morgan fingerprint density at radius 3 is 2.48 bits per heavy atom. The van der Waals surface area contributed by atoms with E-state index in [1.54, 1.807) is 30.3 Å². The summed E-state index contributed by atoms with van der Waals surface area (Å²) in [4.78, 5) is 4.86. The van der Waals surface area contributed by atoms with Gasteiger partial charge in [0.05, 0.1) is 17.2 Å². The summed E-state index contributed by atoms with van der Waals surface area (Å²) in [5, 5.41) is 6.23. The van der Waals surface area contributed by atoms with E-state index in [9.17, 15) is 8.42 Å². The smallest absolute Gasteiger partial charge is 0.191 e. The average Bonchev–Trinajstić information content (AvgIpc) is 2.60. The molecule has 2 aromatic carbocycles. The number of hydrogen-bond acceptors (Lipinski definition) is 3. The van der Waals surface area contributed by atoms with Crippen molar-refractivity contribution >= 4 is 15.8 Å². The Balaban J connectivity index is 1.94. The monoisotopic (exact) mass is 359 g/mol. The van der Waals surface area contributed by atoms with E-state index in [-0.39, 0.29) is 5.75 Å². The summed E-state index contributed by atoms with van der Waals surface area (Å²) >= 11 is 0. The molecular weight excluding hydrogens is 334 g/mol. The van der Waals surface area contributed by atoms with Gasteiger partial charge in [-0.05, 0) is 31.5 Å². The van der Waals surface area contributed by atoms with Crippen LogP contribution in [0.15, 0.2) is 64.5 Å². The second kappa shape index (κ2) is 9.22. The molecule has 0 spiro atoms. The van der Waals surface area contributed by atoms with Crippen LogP contribution in [-0.4, -0.2) is 33.2 Å². The fourth-order valence-electron chi connectivity index (χ4n) is 2.37. The molecule has 0 aliphatic heterocycles. The fraction of sp³-hybridized carbons (Fsp3) is 0.316. The van der Waals surface area contributed by atoms with Gasteiger partial charge in [0.15, 0.2) is 15.8 Å². The van der Waals surface area contributed by atoms with Gasteiger partial charge in [-0.1, -0.05) is 48.0 Å². The van der Waals surface area contributed by atoms with Gasteiger partial charge in [-0.2, -0.15) is 0 Å². The van der Waals surface area contributed by atoms with Gasteiger partial charge in [-0.3, -0.25) is 0 Å². The maximum atomic E-state index is 12.3. The third kappa shape index (κ3) is 6.23. The fourth-order valence-corrected chi connectivity index (χ4v) is 3.55. The van der Waals surface area contributed by atoms with E-state index >= 15 is 0 Å². The number of benzene rings is 2. The highest BCUT2D eigenvalue weighted by Crippen LogP contribution is 2.09. The van der Waals surface area contributed by atoms with Gasteiger partial charge in [0.25, 0.3) is 0 Å². The first-order chi connectivity index (χ1) is 12.0. The van der Waals surface area contributed by atoms with Gasteiger partial charge in [-0.15, -0.1) is 0 Å². The number of aliphatic imine (C=N–C) groups is 1. The van der Waals surface area contributed by atoms with E-state index in [0.717, 1.165) is 5.56 Å². The third-order valence-electron chi connectivity index (χ3n) is 3.61. The lowest BCUT2D eigenvalue weighted by molar-refractivity contribution is 0.594. The molecule has 0 aliphatic rings. The summed E-state index contributed by atoms with van der Waals surface area (Å²) in [6, 6.07) is 16.7. The van der Waals surface area contributed by atoms with Gasteiger partial charge < -0.3 is 10.6 Å². The van der Waals surface area contributed by atoms with Crippen LogP contribution in [0.3, 0.4) is 0 Å². The molecule has 2 N–H and O–H groups in total. The predicted octanol–water partition coefficient (Wildman–Crippen LogP) is 2.52. The standard InChI is InChI=1S/C19H25N3O2S/c1-3-20-19(22-15-17-9-7-8-16(2)14-17)21-12-13-25(23,24)18-10-5-4-6-11-18/h4-11,14H,3,12-13,15H2,1-2H3,(H2,20,21,22). The van der Waals surface area contributed by atoms with E-state index in [1.165, 1.54) is 5.56 Å². The van der Waals surface area contributed by atoms with Gasteiger partial charge in [0.2, 0.25) is 0 Å². The van der Waals surface area contributed by atoms with Crippen molar-refractivity contribution in [1.82, 2.24) is 10.6 Å². The van der Waals surface area contributed by atoms with Crippen molar-refractivity contribution in [1.29, 1.82) is 0 Å². The number of sulfone groups is 1. The summed E-state index contributed by atoms with van der Waals surface area (Å²) in [5.74, 6) is 0.638. The molecule has 2 rings (SSSR count). The lowest BCUT2D eigenvalue weighted by Crippen LogP contribution is -2.39. The Kier molecular flexibility index (Phi) is 7.01. The summed E-state index contributed by atoms with van der Waals surface area (Å²) in [7, 11) is -3.29. The van der Waals surface area contributed by atoms with Crippen LogP contribution in [0, 0.1) is 6.92 Å². The Hall–Kier alpha value is -2.34. The van der Waals surface area contributed by atoms with Crippen LogP contribution in [-0.2, 0) is 16.4 Å². The molecule has 0 radical (unpaired) electrons. The van der Waals surface area contributed by atoms with Crippen molar-refractivity contribution in [2.75, 3.05) is 18.8 Å². The normalized spacial score (nSPS) is 12.0. The molecule has 0 heterocycles. The van der Waals surface area contributed by atoms with Crippen LogP contribution < -0.4 is 10.6 Å². The highest BCUT2D eigenvalue weighted by Gasteiger charge is 2.13. The van der Waals surface area contributed by atoms with Crippen LogP contribution in [0.25, 0.3) is 0 Å². The first-order valence-electron chi connectivity index (χ1n) is 8.37. The number of rotatable bonds is 7. The molecule has 0 unspecified atom stereocenters. The minimum absolute atomic E-state index is 0.0197. The molecule has 0 aromatic heterocycles. The molecule has 6 heteroatoms. The zero-order valence-electron chi connectivity index (χ0n) is 14.7. The summed E-state index contributed by atoms with van der Waals surface area (Å²) in [5.41, 5.74) is 2.31. The van der Waals surface area contributed by atoms with Crippen molar-refractivity contribution in [3.05, 3.63) is 65.7 Å². The van der Waals surface area contributed by atoms with Gasteiger partial charge in [-0.25, -0.2) is 13.4 Å². The first kappa shape index (κ1) is 19.0. The summed E-state index contributed by atoms with van der Waals surface area (Å²) < 4.78 is 24.6. The maximum Gasteiger partial charge on any atom is 0.191 e. The zero-order chi connectivity index (χ0) is 18.1. The van der Waals surface area contributed by atoms with Crippen LogP contribution in [0.5, 0.6) is 0 Å². The van der Waals surface area contributed by atoms with Gasteiger partial charge in [0.1, 0.15) is 0 Å². The maximum absolute atomic E-state index is 12.3. The number of aryl methyl sites for hydroxylation is 1. The molecule has 0 bridgehead atoms. The van der Waals surface area contributed by atoms with E-state index in [4.69, 9.17) is 0 Å². The van der Waals surface area contributed by atoms with Gasteiger partial charge >= 0.3 is 0 Å². The van der Waals surface area contributed by atoms with Crippen molar-refractivity contribution in [3.63, 3.8) is 0 Å². The van der Waals surface area contributed by atoms with E-state index in [0.29, 0.717) is 30.5 Å². The highest BCUT2D eigenvalue weighted by atomic mass is 32.2. The molecule has 5 nitrogen and oxygen atoms in total. The SMILES string of the molecule is CCNC(=NCc1cccc(C)c1)NCCS(=O)(=O)c1ccccc1. The van der Waals surface area contributed by atoms with Crippen LogP contribution in [0.2, 0.25) is 0 Å². The molecule has 0 amide bonds. The summed E-state index contributed by atoms with van der Waals surface area (Å²) in [6.07, 6.45) is 0. The third-order valence-corrected chi connectivity index (χ3v) is 5.34. The van der Waals surface area contributed by atoms with Crippen LogP contribution in [0.4, 0.5) is 0 Å². The molecule has 0 saturated heterocycles. The second-order valence-electron chi connectivity index (χ2n) is 5.74.